The number of hydrogen-bond donors (Lipinski definition) is 3. The van der Waals surface area contributed by atoms with Gasteiger partial charge in [-0.25, -0.2) is 5.43 Å². The van der Waals surface area contributed by atoms with E-state index in [1.807, 2.05) is 0 Å². The molecule has 5 rings (SSSR count). The van der Waals surface area contributed by atoms with E-state index in [9.17, 15) is 0 Å². The third kappa shape index (κ3) is 3.97. The van der Waals surface area contributed by atoms with Gasteiger partial charge in [0.15, 0.2) is 5.11 Å². The van der Waals surface area contributed by atoms with Gasteiger partial charge in [-0.05, 0) is 110 Å². The van der Waals surface area contributed by atoms with Crippen molar-refractivity contribution in [1.82, 2.24) is 16.2 Å². The van der Waals surface area contributed by atoms with Crippen LogP contribution < -0.4 is 16.2 Å². The molecule has 10 atom stereocenters. The molecule has 3 N–H and O–H groups in total. The Bertz CT molecular complexity index is 759. The summed E-state index contributed by atoms with van der Waals surface area (Å²) in [5.74, 6) is 5.61. The molecule has 0 bridgehead atoms. The van der Waals surface area contributed by atoms with E-state index in [1.165, 1.54) is 64.2 Å². The van der Waals surface area contributed by atoms with E-state index in [1.54, 1.807) is 0 Å². The highest BCUT2D eigenvalue weighted by Gasteiger charge is 2.67. The van der Waals surface area contributed by atoms with Gasteiger partial charge in [0.1, 0.15) is 5.66 Å². The zero-order valence-corrected chi connectivity index (χ0v) is 23.3. The zero-order chi connectivity index (χ0) is 23.6. The molecule has 1 spiro atoms. The minimum atomic E-state index is -0.125. The molecule has 3 nitrogen and oxygen atoms in total. The van der Waals surface area contributed by atoms with E-state index in [0.29, 0.717) is 22.1 Å². The Morgan fingerprint density at radius 1 is 1.00 bits per heavy atom. The largest absolute Gasteiger partial charge is 0.342 e. The lowest BCUT2D eigenvalue weighted by atomic mass is 9.42. The van der Waals surface area contributed by atoms with Crippen molar-refractivity contribution in [1.29, 1.82) is 0 Å². The number of rotatable bonds is 5. The van der Waals surface area contributed by atoms with Crippen molar-refractivity contribution in [3.63, 3.8) is 0 Å². The molecule has 1 heterocycles. The fourth-order valence-electron chi connectivity index (χ4n) is 10.1. The minimum Gasteiger partial charge on any atom is -0.342 e. The van der Waals surface area contributed by atoms with Gasteiger partial charge in [-0.3, -0.25) is 5.43 Å². The van der Waals surface area contributed by atoms with Crippen LogP contribution in [0, 0.1) is 52.3 Å². The summed E-state index contributed by atoms with van der Waals surface area (Å²) in [5.41, 5.74) is 7.73. The predicted octanol–water partition coefficient (Wildman–Crippen LogP) is 7.00. The van der Waals surface area contributed by atoms with Gasteiger partial charge in [-0.15, -0.1) is 11.6 Å². The number of hydrogen-bond acceptors (Lipinski definition) is 2. The lowest BCUT2D eigenvalue weighted by Crippen LogP contribution is -2.70. The highest BCUT2D eigenvalue weighted by Crippen LogP contribution is 2.69. The SMILES string of the molecule is CC(C)CCC[C@@H](C)[C@H]1CC[C@H]2[C@@H]3C[C@@]4(NNC(=S)N4)[C@H]4C[C@@H](Cl)CC[C@]4(C)[C@H]3CC[C@]12C. The molecule has 4 aliphatic carbocycles. The van der Waals surface area contributed by atoms with Crippen LogP contribution in [0.3, 0.4) is 0 Å². The maximum absolute atomic E-state index is 6.79. The smallest absolute Gasteiger partial charge is 0.182 e. The topological polar surface area (TPSA) is 36.1 Å². The fourth-order valence-corrected chi connectivity index (χ4v) is 10.7. The van der Waals surface area contributed by atoms with Crippen molar-refractivity contribution < 1.29 is 0 Å². The van der Waals surface area contributed by atoms with Gasteiger partial charge in [0.2, 0.25) is 0 Å². The molecule has 0 amide bonds. The maximum Gasteiger partial charge on any atom is 0.182 e. The van der Waals surface area contributed by atoms with E-state index in [4.69, 9.17) is 23.8 Å². The molecule has 0 radical (unpaired) electrons. The van der Waals surface area contributed by atoms with Crippen molar-refractivity contribution in [2.45, 2.75) is 116 Å². The summed E-state index contributed by atoms with van der Waals surface area (Å²) in [6, 6.07) is 0. The van der Waals surface area contributed by atoms with E-state index in [-0.39, 0.29) is 5.66 Å². The van der Waals surface area contributed by atoms with Gasteiger partial charge in [0.05, 0.1) is 0 Å². The van der Waals surface area contributed by atoms with Crippen LogP contribution in [-0.2, 0) is 0 Å². The summed E-state index contributed by atoms with van der Waals surface area (Å²) in [7, 11) is 0. The Morgan fingerprint density at radius 3 is 2.42 bits per heavy atom. The molecule has 4 saturated carbocycles. The molecular weight excluding hydrogens is 446 g/mol. The second-order valence-electron chi connectivity index (χ2n) is 13.7. The van der Waals surface area contributed by atoms with Crippen molar-refractivity contribution in [2.24, 2.45) is 52.3 Å². The van der Waals surface area contributed by atoms with Crippen LogP contribution in [0.15, 0.2) is 0 Å². The Balaban J connectivity index is 1.41. The standard InChI is InChI=1S/C28H48ClN3S/c1-17(2)7-6-8-18(3)21-9-10-22-20-16-28(30-25(33)31-32-28)24-15-19(29)11-13-27(24,5)23(20)12-14-26(21,22)4/h17-24,32H,6-16H2,1-5H3,(H2,30,31,33)/t18-,19+,20+,21-,22+,23+,24+,26-,27-,28-/m1/s1. The molecular formula is C28H48ClN3S. The van der Waals surface area contributed by atoms with Crippen molar-refractivity contribution in [2.75, 3.05) is 0 Å². The van der Waals surface area contributed by atoms with E-state index in [2.05, 4.69) is 50.8 Å². The first kappa shape index (κ1) is 24.6. The Hall–Kier alpha value is -0.0600. The third-order valence-electron chi connectivity index (χ3n) is 11.7. The Kier molecular flexibility index (Phi) is 6.57. The summed E-state index contributed by atoms with van der Waals surface area (Å²) in [6.07, 6.45) is 14.7. The highest BCUT2D eigenvalue weighted by molar-refractivity contribution is 7.80. The van der Waals surface area contributed by atoms with Crippen molar-refractivity contribution in [3.8, 4) is 0 Å². The van der Waals surface area contributed by atoms with Gasteiger partial charge in [-0.2, -0.15) is 0 Å². The molecule has 0 aromatic heterocycles. The zero-order valence-electron chi connectivity index (χ0n) is 21.7. The summed E-state index contributed by atoms with van der Waals surface area (Å²) < 4.78 is 0. The Labute approximate surface area is 213 Å². The molecule has 188 valence electrons. The molecule has 0 aromatic rings. The number of alkyl halides is 1. The minimum absolute atomic E-state index is 0.125. The molecule has 1 saturated heterocycles. The van der Waals surface area contributed by atoms with Crippen molar-refractivity contribution >= 4 is 28.9 Å². The second kappa shape index (κ2) is 8.80. The first-order chi connectivity index (χ1) is 15.6. The van der Waals surface area contributed by atoms with Crippen LogP contribution in [0.1, 0.15) is 105 Å². The van der Waals surface area contributed by atoms with E-state index >= 15 is 0 Å². The average Bonchev–Trinajstić information content (AvgIpc) is 3.29. The third-order valence-corrected chi connectivity index (χ3v) is 12.3. The first-order valence-electron chi connectivity index (χ1n) is 14.1. The number of nitrogens with one attached hydrogen (secondary N) is 3. The number of hydrazine groups is 1. The molecule has 1 aliphatic heterocycles. The normalized spacial score (nSPS) is 49.8. The molecule has 5 fully saturated rings. The Morgan fingerprint density at radius 2 is 1.73 bits per heavy atom. The summed E-state index contributed by atoms with van der Waals surface area (Å²) in [6.45, 7) is 12.6. The number of halogens is 1. The molecule has 0 aromatic carbocycles. The van der Waals surface area contributed by atoms with E-state index in [0.717, 1.165) is 47.0 Å². The highest BCUT2D eigenvalue weighted by atomic mass is 35.5. The molecule has 5 aliphatic rings. The molecule has 5 heteroatoms. The van der Waals surface area contributed by atoms with Crippen LogP contribution in [0.25, 0.3) is 0 Å². The first-order valence-corrected chi connectivity index (χ1v) is 14.9. The summed E-state index contributed by atoms with van der Waals surface area (Å²) >= 11 is 12.4. The lowest BCUT2D eigenvalue weighted by Gasteiger charge is -2.65. The fraction of sp³-hybridized carbons (Fsp3) is 0.964. The van der Waals surface area contributed by atoms with Crippen LogP contribution in [-0.4, -0.2) is 16.2 Å². The van der Waals surface area contributed by atoms with Crippen molar-refractivity contribution in [3.05, 3.63) is 0 Å². The van der Waals surface area contributed by atoms with Crippen LogP contribution >= 0.6 is 23.8 Å². The van der Waals surface area contributed by atoms with Gasteiger partial charge < -0.3 is 5.32 Å². The molecule has 0 unspecified atom stereocenters. The van der Waals surface area contributed by atoms with Gasteiger partial charge >= 0.3 is 0 Å². The van der Waals surface area contributed by atoms with Crippen LogP contribution in [0.2, 0.25) is 0 Å². The number of fused-ring (bicyclic) bond motifs is 6. The lowest BCUT2D eigenvalue weighted by molar-refractivity contribution is -0.154. The van der Waals surface area contributed by atoms with Gasteiger partial charge in [0, 0.05) is 11.3 Å². The maximum atomic E-state index is 6.79. The predicted molar refractivity (Wildman–Crippen MR) is 143 cm³/mol. The quantitative estimate of drug-likeness (QED) is 0.284. The van der Waals surface area contributed by atoms with Gasteiger partial charge in [-0.1, -0.05) is 53.9 Å². The van der Waals surface area contributed by atoms with E-state index < -0.39 is 0 Å². The summed E-state index contributed by atoms with van der Waals surface area (Å²) in [4.78, 5) is 0. The van der Waals surface area contributed by atoms with Crippen LogP contribution in [0.5, 0.6) is 0 Å². The van der Waals surface area contributed by atoms with Crippen LogP contribution in [0.4, 0.5) is 0 Å². The van der Waals surface area contributed by atoms with Gasteiger partial charge in [0.25, 0.3) is 0 Å². The molecule has 33 heavy (non-hydrogen) atoms. The average molecular weight is 494 g/mol. The summed E-state index contributed by atoms with van der Waals surface area (Å²) in [5, 5.41) is 4.83. The second-order valence-corrected chi connectivity index (χ2v) is 14.7. The number of thiocarbonyl (C=S) groups is 1. The monoisotopic (exact) mass is 493 g/mol.